The van der Waals surface area contributed by atoms with Crippen LogP contribution < -0.4 is 5.73 Å². The molecule has 5 heteroatoms. The molecule has 1 rings (SSSR count). The van der Waals surface area contributed by atoms with Crippen LogP contribution in [0.15, 0.2) is 5.16 Å². The summed E-state index contributed by atoms with van der Waals surface area (Å²) >= 11 is 0. The van der Waals surface area contributed by atoms with E-state index in [0.29, 0.717) is 6.54 Å². The van der Waals surface area contributed by atoms with E-state index in [2.05, 4.69) is 22.0 Å². The summed E-state index contributed by atoms with van der Waals surface area (Å²) in [5.41, 5.74) is 5.45. The maximum Gasteiger partial charge on any atom is 0.153 e. The maximum absolute atomic E-state index is 8.45. The van der Waals surface area contributed by atoms with Crippen molar-refractivity contribution in [3.8, 4) is 0 Å². The van der Waals surface area contributed by atoms with E-state index in [1.807, 2.05) is 7.05 Å². The molecule has 88 valence electrons. The first-order valence-electron chi connectivity index (χ1n) is 5.45. The molecule has 15 heavy (non-hydrogen) atoms. The van der Waals surface area contributed by atoms with E-state index in [4.69, 9.17) is 10.9 Å². The Morgan fingerprint density at radius 1 is 1.53 bits per heavy atom. The topological polar surface area (TPSA) is 65.1 Å². The number of piperidine rings is 1. The fraction of sp³-hybridized carbons (Fsp3) is 0.900. The smallest absolute Gasteiger partial charge is 0.153 e. The standard InChI is InChI=1S/C10H22N4O/c1-13-5-3-9(4-6-13)7-14(2)8-10(11)12-15/h9,15H,3-8H2,1-2H3,(H2,11,12). The van der Waals surface area contributed by atoms with Gasteiger partial charge in [0.25, 0.3) is 0 Å². The Kier molecular flexibility index (Phi) is 4.84. The van der Waals surface area contributed by atoms with E-state index < -0.39 is 0 Å². The summed E-state index contributed by atoms with van der Waals surface area (Å²) in [5, 5.41) is 11.4. The predicted molar refractivity (Wildman–Crippen MR) is 61.1 cm³/mol. The number of hydrogen-bond acceptors (Lipinski definition) is 4. The highest BCUT2D eigenvalue weighted by molar-refractivity contribution is 5.81. The Hall–Kier alpha value is -0.810. The average molecular weight is 214 g/mol. The third-order valence-electron chi connectivity index (χ3n) is 2.97. The largest absolute Gasteiger partial charge is 0.409 e. The molecule has 0 atom stereocenters. The minimum atomic E-state index is 0.283. The maximum atomic E-state index is 8.45. The predicted octanol–water partition coefficient (Wildman–Crippen LogP) is 0.00640. The molecule has 1 saturated heterocycles. The summed E-state index contributed by atoms with van der Waals surface area (Å²) < 4.78 is 0. The molecule has 5 nitrogen and oxygen atoms in total. The van der Waals surface area contributed by atoms with Gasteiger partial charge in [0, 0.05) is 6.54 Å². The molecule has 0 aromatic rings. The van der Waals surface area contributed by atoms with Gasteiger partial charge < -0.3 is 15.8 Å². The normalized spacial score (nSPS) is 21.1. The van der Waals surface area contributed by atoms with Gasteiger partial charge in [-0.3, -0.25) is 4.90 Å². The first-order valence-corrected chi connectivity index (χ1v) is 5.45. The van der Waals surface area contributed by atoms with Gasteiger partial charge in [0.2, 0.25) is 0 Å². The van der Waals surface area contributed by atoms with Crippen LogP contribution in [0.4, 0.5) is 0 Å². The zero-order valence-corrected chi connectivity index (χ0v) is 9.69. The second-order valence-corrected chi connectivity index (χ2v) is 4.53. The van der Waals surface area contributed by atoms with Crippen molar-refractivity contribution in [2.24, 2.45) is 16.8 Å². The molecular formula is C10H22N4O. The monoisotopic (exact) mass is 214 g/mol. The summed E-state index contributed by atoms with van der Waals surface area (Å²) in [7, 11) is 4.17. The highest BCUT2D eigenvalue weighted by Crippen LogP contribution is 2.16. The van der Waals surface area contributed by atoms with Gasteiger partial charge in [-0.25, -0.2) is 0 Å². The number of amidine groups is 1. The summed E-state index contributed by atoms with van der Waals surface area (Å²) in [6.45, 7) is 3.94. The third kappa shape index (κ3) is 4.48. The minimum Gasteiger partial charge on any atom is -0.409 e. The number of hydrogen-bond donors (Lipinski definition) is 2. The van der Waals surface area contributed by atoms with Crippen LogP contribution in [0.3, 0.4) is 0 Å². The van der Waals surface area contributed by atoms with Crippen molar-refractivity contribution in [3.63, 3.8) is 0 Å². The van der Waals surface area contributed by atoms with Crippen molar-refractivity contribution in [1.29, 1.82) is 0 Å². The number of likely N-dealkylation sites (tertiary alicyclic amines) is 1. The molecule has 0 radical (unpaired) electrons. The van der Waals surface area contributed by atoms with E-state index in [1.165, 1.54) is 25.9 Å². The first-order chi connectivity index (χ1) is 7.11. The molecule has 0 aromatic heterocycles. The molecule has 1 aliphatic rings. The second kappa shape index (κ2) is 5.92. The molecular weight excluding hydrogens is 192 g/mol. The Morgan fingerprint density at radius 3 is 2.67 bits per heavy atom. The number of likely N-dealkylation sites (N-methyl/N-ethyl adjacent to an activating group) is 1. The number of oxime groups is 1. The van der Waals surface area contributed by atoms with Crippen LogP contribution in [0, 0.1) is 5.92 Å². The summed E-state index contributed by atoms with van der Waals surface area (Å²) in [6.07, 6.45) is 2.49. The van der Waals surface area contributed by atoms with Crippen LogP contribution in [0.25, 0.3) is 0 Å². The van der Waals surface area contributed by atoms with E-state index in [1.54, 1.807) is 0 Å². The first kappa shape index (κ1) is 12.3. The van der Waals surface area contributed by atoms with E-state index in [-0.39, 0.29) is 5.84 Å². The molecule has 0 bridgehead atoms. The molecule has 0 saturated carbocycles. The van der Waals surface area contributed by atoms with Gasteiger partial charge >= 0.3 is 0 Å². The molecule has 3 N–H and O–H groups in total. The van der Waals surface area contributed by atoms with E-state index in [9.17, 15) is 0 Å². The molecule has 0 aromatic carbocycles. The van der Waals surface area contributed by atoms with Gasteiger partial charge in [-0.05, 0) is 45.9 Å². The van der Waals surface area contributed by atoms with Crippen molar-refractivity contribution < 1.29 is 5.21 Å². The molecule has 1 fully saturated rings. The van der Waals surface area contributed by atoms with Crippen LogP contribution in [-0.2, 0) is 0 Å². The summed E-state index contributed by atoms with van der Waals surface area (Å²) in [5.74, 6) is 1.03. The Labute approximate surface area is 91.5 Å². The minimum absolute atomic E-state index is 0.283. The molecule has 0 unspecified atom stereocenters. The van der Waals surface area contributed by atoms with Crippen molar-refractivity contribution in [1.82, 2.24) is 9.80 Å². The number of nitrogens with zero attached hydrogens (tertiary/aromatic N) is 3. The van der Waals surface area contributed by atoms with Crippen molar-refractivity contribution >= 4 is 5.84 Å². The summed E-state index contributed by atoms with van der Waals surface area (Å²) in [6, 6.07) is 0. The zero-order valence-electron chi connectivity index (χ0n) is 9.69. The fourth-order valence-electron chi connectivity index (χ4n) is 2.06. The Morgan fingerprint density at radius 2 is 2.13 bits per heavy atom. The van der Waals surface area contributed by atoms with Crippen molar-refractivity contribution in [2.45, 2.75) is 12.8 Å². The zero-order chi connectivity index (χ0) is 11.3. The van der Waals surface area contributed by atoms with Gasteiger partial charge in [-0.15, -0.1) is 0 Å². The summed E-state index contributed by atoms with van der Waals surface area (Å²) in [4.78, 5) is 4.48. The van der Waals surface area contributed by atoms with Gasteiger partial charge in [-0.2, -0.15) is 0 Å². The van der Waals surface area contributed by atoms with Crippen molar-refractivity contribution in [2.75, 3.05) is 40.3 Å². The fourth-order valence-corrected chi connectivity index (χ4v) is 2.06. The lowest BCUT2D eigenvalue weighted by molar-refractivity contribution is 0.183. The highest BCUT2D eigenvalue weighted by atomic mass is 16.4. The third-order valence-corrected chi connectivity index (χ3v) is 2.97. The van der Waals surface area contributed by atoms with Gasteiger partial charge in [-0.1, -0.05) is 5.16 Å². The highest BCUT2D eigenvalue weighted by Gasteiger charge is 2.18. The van der Waals surface area contributed by atoms with Crippen LogP contribution >= 0.6 is 0 Å². The lowest BCUT2D eigenvalue weighted by Gasteiger charge is -2.31. The van der Waals surface area contributed by atoms with Crippen LogP contribution in [0.5, 0.6) is 0 Å². The van der Waals surface area contributed by atoms with Crippen LogP contribution in [-0.4, -0.2) is 61.1 Å². The molecule has 0 spiro atoms. The molecule has 0 amide bonds. The Bertz CT molecular complexity index is 211. The number of rotatable bonds is 4. The van der Waals surface area contributed by atoms with Gasteiger partial charge in [0.1, 0.15) is 0 Å². The number of nitrogens with two attached hydrogens (primary N) is 1. The molecule has 1 aliphatic heterocycles. The quantitative estimate of drug-likeness (QED) is 0.299. The van der Waals surface area contributed by atoms with E-state index in [0.717, 1.165) is 12.5 Å². The van der Waals surface area contributed by atoms with Crippen LogP contribution in [0.2, 0.25) is 0 Å². The Balaban J connectivity index is 2.23. The second-order valence-electron chi connectivity index (χ2n) is 4.53. The SMILES string of the molecule is CN1CCC(CN(C)CC(N)=NO)CC1. The average Bonchev–Trinajstić information content (AvgIpc) is 2.21. The van der Waals surface area contributed by atoms with Crippen LogP contribution in [0.1, 0.15) is 12.8 Å². The molecule has 0 aliphatic carbocycles. The van der Waals surface area contributed by atoms with Crippen molar-refractivity contribution in [3.05, 3.63) is 0 Å². The van der Waals surface area contributed by atoms with Gasteiger partial charge in [0.05, 0.1) is 6.54 Å². The van der Waals surface area contributed by atoms with Gasteiger partial charge in [0.15, 0.2) is 5.84 Å². The molecule has 1 heterocycles. The lowest BCUT2D eigenvalue weighted by Crippen LogP contribution is -2.38. The lowest BCUT2D eigenvalue weighted by atomic mass is 9.97. The van der Waals surface area contributed by atoms with E-state index >= 15 is 0 Å².